The molecule has 3 N–H and O–H groups in total. The van der Waals surface area contributed by atoms with Crippen molar-refractivity contribution in [3.8, 4) is 11.5 Å². The number of fused-ring (bicyclic) bond motifs is 1. The molecule has 3 aromatic rings. The van der Waals surface area contributed by atoms with Crippen molar-refractivity contribution >= 4 is 57.9 Å². The maximum absolute atomic E-state index is 14.3. The Kier molecular flexibility index (Phi) is 5.71. The van der Waals surface area contributed by atoms with Crippen LogP contribution in [0.3, 0.4) is 0 Å². The summed E-state index contributed by atoms with van der Waals surface area (Å²) in [5, 5.41) is 9.12. The third-order valence-electron chi connectivity index (χ3n) is 4.38. The van der Waals surface area contributed by atoms with E-state index in [0.717, 1.165) is 6.20 Å². The minimum atomic E-state index is -0.664. The van der Waals surface area contributed by atoms with Gasteiger partial charge in [-0.25, -0.2) is 9.37 Å². The summed E-state index contributed by atoms with van der Waals surface area (Å²) in [6, 6.07) is 8.14. The number of nitrogens with one attached hydrogen (secondary N) is 3. The van der Waals surface area contributed by atoms with Gasteiger partial charge >= 0.3 is 0 Å². The van der Waals surface area contributed by atoms with Gasteiger partial charge in [0, 0.05) is 11.4 Å². The fraction of sp³-hybridized carbons (Fsp3) is 0.150. The number of carbonyl (C=O) groups excluding carboxylic acids is 1. The fourth-order valence-electron chi connectivity index (χ4n) is 2.89. The van der Waals surface area contributed by atoms with Crippen molar-refractivity contribution in [3.05, 3.63) is 52.4 Å². The first-order valence-electron chi connectivity index (χ1n) is 9.05. The van der Waals surface area contributed by atoms with Gasteiger partial charge in [0.25, 0.3) is 5.91 Å². The molecule has 1 atom stereocenters. The number of ether oxygens (including phenoxy) is 2. The lowest BCUT2D eigenvalue weighted by Gasteiger charge is -2.23. The number of aromatic nitrogens is 2. The molecule has 8 nitrogen and oxygen atoms in total. The summed E-state index contributed by atoms with van der Waals surface area (Å²) in [4.78, 5) is 19.9. The van der Waals surface area contributed by atoms with E-state index in [2.05, 4.69) is 25.9 Å². The van der Waals surface area contributed by atoms with E-state index in [-0.39, 0.29) is 17.7 Å². The minimum Gasteiger partial charge on any atom is -0.494 e. The molecule has 0 radical (unpaired) electrons. The highest BCUT2D eigenvalue weighted by molar-refractivity contribution is 6.37. The highest BCUT2D eigenvalue weighted by Gasteiger charge is 2.23. The molecular formula is C20H16Cl2FN5O3. The van der Waals surface area contributed by atoms with Crippen molar-refractivity contribution in [1.29, 1.82) is 0 Å². The Bertz CT molecular complexity index is 1150. The number of amides is 1. The van der Waals surface area contributed by atoms with Crippen molar-refractivity contribution in [2.75, 3.05) is 23.1 Å². The molecule has 0 unspecified atom stereocenters. The molecule has 2 heterocycles. The van der Waals surface area contributed by atoms with Crippen LogP contribution in [0.1, 0.15) is 6.92 Å². The molecule has 0 spiro atoms. The van der Waals surface area contributed by atoms with Gasteiger partial charge in [-0.05, 0) is 37.3 Å². The van der Waals surface area contributed by atoms with Crippen LogP contribution in [0.5, 0.6) is 11.5 Å². The van der Waals surface area contributed by atoms with Gasteiger partial charge in [0.1, 0.15) is 5.75 Å². The number of hydrogen-bond acceptors (Lipinski definition) is 7. The molecule has 4 rings (SSSR count). The number of hydrogen-bond donors (Lipinski definition) is 3. The Morgan fingerprint density at radius 1 is 1.16 bits per heavy atom. The number of rotatable bonds is 5. The van der Waals surface area contributed by atoms with E-state index < -0.39 is 11.9 Å². The Morgan fingerprint density at radius 3 is 2.61 bits per heavy atom. The SMILES string of the molecule is COc1c(Cl)cc(Nc2ncc(F)c(Nc3ccc4c(c3)NC(=O)[C@@H](C)O4)n2)cc1Cl. The highest BCUT2D eigenvalue weighted by Crippen LogP contribution is 2.37. The van der Waals surface area contributed by atoms with Crippen LogP contribution in [0.2, 0.25) is 10.0 Å². The lowest BCUT2D eigenvalue weighted by Crippen LogP contribution is -2.34. The number of carbonyl (C=O) groups is 1. The Morgan fingerprint density at radius 2 is 1.90 bits per heavy atom. The van der Waals surface area contributed by atoms with E-state index in [0.29, 0.717) is 38.6 Å². The van der Waals surface area contributed by atoms with Crippen LogP contribution in [0.15, 0.2) is 36.5 Å². The summed E-state index contributed by atoms with van der Waals surface area (Å²) in [6.07, 6.45) is 0.439. The first kappa shape index (κ1) is 21.0. The maximum Gasteiger partial charge on any atom is 0.265 e. The largest absolute Gasteiger partial charge is 0.494 e. The number of halogens is 3. The molecule has 0 saturated heterocycles. The van der Waals surface area contributed by atoms with E-state index in [1.807, 2.05) is 0 Å². The first-order chi connectivity index (χ1) is 14.8. The van der Waals surface area contributed by atoms with Crippen LogP contribution in [-0.4, -0.2) is 29.1 Å². The van der Waals surface area contributed by atoms with Crippen LogP contribution >= 0.6 is 23.2 Å². The van der Waals surface area contributed by atoms with Gasteiger partial charge < -0.3 is 25.4 Å². The van der Waals surface area contributed by atoms with Crippen molar-refractivity contribution in [2.24, 2.45) is 0 Å². The van der Waals surface area contributed by atoms with E-state index in [1.54, 1.807) is 37.3 Å². The second kappa shape index (κ2) is 8.44. The van der Waals surface area contributed by atoms with Gasteiger partial charge in [-0.2, -0.15) is 4.98 Å². The molecule has 160 valence electrons. The average molecular weight is 464 g/mol. The molecule has 1 aromatic heterocycles. The van der Waals surface area contributed by atoms with Crippen LogP contribution in [-0.2, 0) is 4.79 Å². The van der Waals surface area contributed by atoms with Gasteiger partial charge in [0.2, 0.25) is 5.95 Å². The molecule has 0 aliphatic carbocycles. The van der Waals surface area contributed by atoms with Gasteiger partial charge in [-0.3, -0.25) is 4.79 Å². The molecule has 11 heteroatoms. The molecule has 0 saturated carbocycles. The third kappa shape index (κ3) is 4.42. The van der Waals surface area contributed by atoms with Crippen LogP contribution < -0.4 is 25.4 Å². The molecule has 1 aliphatic heterocycles. The van der Waals surface area contributed by atoms with Gasteiger partial charge in [-0.1, -0.05) is 23.2 Å². The lowest BCUT2D eigenvalue weighted by atomic mass is 10.2. The van der Waals surface area contributed by atoms with Gasteiger partial charge in [0.15, 0.2) is 23.5 Å². The van der Waals surface area contributed by atoms with Crippen molar-refractivity contribution in [3.63, 3.8) is 0 Å². The zero-order valence-corrected chi connectivity index (χ0v) is 17.8. The molecule has 1 amide bonds. The van der Waals surface area contributed by atoms with Crippen molar-refractivity contribution in [1.82, 2.24) is 9.97 Å². The second-order valence-corrected chi connectivity index (χ2v) is 7.39. The van der Waals surface area contributed by atoms with E-state index in [9.17, 15) is 9.18 Å². The monoisotopic (exact) mass is 463 g/mol. The summed E-state index contributed by atoms with van der Waals surface area (Å²) < 4.78 is 24.9. The molecule has 2 aromatic carbocycles. The normalized spacial score (nSPS) is 14.9. The first-order valence-corrected chi connectivity index (χ1v) is 9.81. The minimum absolute atomic E-state index is 0.0698. The van der Waals surface area contributed by atoms with Crippen LogP contribution in [0.4, 0.5) is 33.2 Å². The summed E-state index contributed by atoms with van der Waals surface area (Å²) in [5.41, 5.74) is 1.47. The fourth-order valence-corrected chi connectivity index (χ4v) is 3.54. The van der Waals surface area contributed by atoms with E-state index in [1.165, 1.54) is 7.11 Å². The predicted octanol–water partition coefficient (Wildman–Crippen LogP) is 5.14. The summed E-state index contributed by atoms with van der Waals surface area (Å²) in [6.45, 7) is 1.65. The van der Waals surface area contributed by atoms with E-state index in [4.69, 9.17) is 32.7 Å². The maximum atomic E-state index is 14.3. The van der Waals surface area contributed by atoms with Crippen molar-refractivity contribution < 1.29 is 18.7 Å². The predicted molar refractivity (Wildman–Crippen MR) is 117 cm³/mol. The third-order valence-corrected chi connectivity index (χ3v) is 4.94. The Balaban J connectivity index is 1.57. The number of benzene rings is 2. The quantitative estimate of drug-likeness (QED) is 0.481. The van der Waals surface area contributed by atoms with Crippen molar-refractivity contribution in [2.45, 2.75) is 13.0 Å². The zero-order valence-electron chi connectivity index (χ0n) is 16.3. The molecule has 31 heavy (non-hydrogen) atoms. The lowest BCUT2D eigenvalue weighted by molar-refractivity contribution is -0.122. The highest BCUT2D eigenvalue weighted by atomic mass is 35.5. The molecule has 0 bridgehead atoms. The number of nitrogens with zero attached hydrogens (tertiary/aromatic N) is 2. The molecule has 1 aliphatic rings. The summed E-state index contributed by atoms with van der Waals surface area (Å²) in [7, 11) is 1.46. The van der Waals surface area contributed by atoms with Gasteiger partial charge in [0.05, 0.1) is 29.0 Å². The molecular weight excluding hydrogens is 448 g/mol. The van der Waals surface area contributed by atoms with E-state index >= 15 is 0 Å². The van der Waals surface area contributed by atoms with Gasteiger partial charge in [-0.15, -0.1) is 0 Å². The smallest absolute Gasteiger partial charge is 0.265 e. The summed E-state index contributed by atoms with van der Waals surface area (Å²) >= 11 is 12.3. The Hall–Kier alpha value is -3.30. The topological polar surface area (TPSA) is 97.4 Å². The number of methoxy groups -OCH3 is 1. The summed E-state index contributed by atoms with van der Waals surface area (Å²) in [5.74, 6) is -0.0149. The zero-order chi connectivity index (χ0) is 22.1. The average Bonchev–Trinajstić information content (AvgIpc) is 2.71. The second-order valence-electron chi connectivity index (χ2n) is 6.57. The number of anilines is 5. The standard InChI is InChI=1S/C20H16Cl2FN5O3/c1-9-19(29)27-15-7-10(3-4-16(15)31-9)25-18-14(23)8-24-20(28-18)26-11-5-12(21)17(30-2)13(22)6-11/h3-9H,1-2H3,(H,27,29)(H2,24,25,26,28)/t9-/m1/s1. The molecule has 0 fully saturated rings. The van der Waals surface area contributed by atoms with Crippen LogP contribution in [0.25, 0.3) is 0 Å². The van der Waals surface area contributed by atoms with Crippen LogP contribution in [0, 0.1) is 5.82 Å². The Labute approximate surface area is 186 Å².